The maximum atomic E-state index is 13.6. The highest BCUT2D eigenvalue weighted by molar-refractivity contribution is 9.10. The van der Waals surface area contributed by atoms with E-state index in [1.807, 2.05) is 36.4 Å². The van der Waals surface area contributed by atoms with Crippen molar-refractivity contribution in [3.63, 3.8) is 0 Å². The molecule has 6 aromatic rings. The molecule has 6 rings (SSSR count). The highest BCUT2D eigenvalue weighted by Gasteiger charge is 2.17. The number of para-hydroxylation sites is 2. The fraction of sp³-hybridized carbons (Fsp3) is 0.0625. The molecular formula is C32H22BrFN4O5. The SMILES string of the molecule is COc1cc(C=Nn2c(-c3cc4ccccc4o3)nc3ccccc3c2=O)c(Br)cc1OCC(=O)Nc1cccc(F)c1. The highest BCUT2D eigenvalue weighted by Crippen LogP contribution is 2.33. The average molecular weight is 641 g/mol. The van der Waals surface area contributed by atoms with Crippen molar-refractivity contribution < 1.29 is 23.1 Å². The second-order valence-corrected chi connectivity index (χ2v) is 10.2. The van der Waals surface area contributed by atoms with Gasteiger partial charge in [0.2, 0.25) is 5.82 Å². The van der Waals surface area contributed by atoms with Gasteiger partial charge in [0.15, 0.2) is 23.9 Å². The number of nitrogens with zero attached hydrogens (tertiary/aromatic N) is 3. The quantitative estimate of drug-likeness (QED) is 0.187. The number of nitrogens with one attached hydrogen (secondary N) is 1. The van der Waals surface area contributed by atoms with Crippen molar-refractivity contribution in [3.8, 4) is 23.1 Å². The summed E-state index contributed by atoms with van der Waals surface area (Å²) < 4.78 is 32.4. The van der Waals surface area contributed by atoms with E-state index in [-0.39, 0.29) is 23.7 Å². The maximum absolute atomic E-state index is 13.6. The number of halogens is 2. The third-order valence-corrected chi connectivity index (χ3v) is 7.15. The van der Waals surface area contributed by atoms with Crippen LogP contribution in [0.15, 0.2) is 110 Å². The van der Waals surface area contributed by atoms with Crippen molar-refractivity contribution in [3.05, 3.63) is 117 Å². The van der Waals surface area contributed by atoms with Crippen molar-refractivity contribution >= 4 is 55.6 Å². The van der Waals surface area contributed by atoms with Crippen LogP contribution in [0.25, 0.3) is 33.5 Å². The Morgan fingerprint density at radius 1 is 1.05 bits per heavy atom. The van der Waals surface area contributed by atoms with E-state index in [2.05, 4.69) is 26.3 Å². The molecule has 43 heavy (non-hydrogen) atoms. The minimum atomic E-state index is -0.476. The van der Waals surface area contributed by atoms with Crippen LogP contribution in [0, 0.1) is 5.82 Å². The van der Waals surface area contributed by atoms with Crippen LogP contribution in [-0.2, 0) is 4.79 Å². The van der Waals surface area contributed by atoms with E-state index < -0.39 is 11.7 Å². The molecule has 1 amide bonds. The Bertz CT molecular complexity index is 2060. The lowest BCUT2D eigenvalue weighted by molar-refractivity contribution is -0.118. The van der Waals surface area contributed by atoms with Gasteiger partial charge in [0.25, 0.3) is 11.5 Å². The Hall–Kier alpha value is -5.29. The van der Waals surface area contributed by atoms with Gasteiger partial charge >= 0.3 is 0 Å². The van der Waals surface area contributed by atoms with Crippen LogP contribution in [0.3, 0.4) is 0 Å². The van der Waals surface area contributed by atoms with Crippen molar-refractivity contribution in [1.82, 2.24) is 9.66 Å². The summed E-state index contributed by atoms with van der Waals surface area (Å²) in [5.74, 6) is 0.295. The van der Waals surface area contributed by atoms with Crippen LogP contribution in [0.2, 0.25) is 0 Å². The fourth-order valence-electron chi connectivity index (χ4n) is 4.43. The first-order valence-electron chi connectivity index (χ1n) is 13.0. The van der Waals surface area contributed by atoms with E-state index in [1.54, 1.807) is 36.4 Å². The number of anilines is 1. The molecule has 0 saturated carbocycles. The number of rotatable bonds is 8. The van der Waals surface area contributed by atoms with Gasteiger partial charge in [-0.1, -0.05) is 36.4 Å². The first kappa shape index (κ1) is 27.9. The molecule has 0 atom stereocenters. The lowest BCUT2D eigenvalue weighted by Crippen LogP contribution is -2.20. The third-order valence-electron chi connectivity index (χ3n) is 6.46. The number of benzene rings is 4. The van der Waals surface area contributed by atoms with Crippen molar-refractivity contribution in [2.75, 3.05) is 19.0 Å². The number of fused-ring (bicyclic) bond motifs is 2. The molecule has 2 aromatic heterocycles. The van der Waals surface area contributed by atoms with Gasteiger partial charge in [-0.2, -0.15) is 9.78 Å². The summed E-state index contributed by atoms with van der Waals surface area (Å²) in [6.45, 7) is -0.342. The monoisotopic (exact) mass is 640 g/mol. The number of ether oxygens (including phenoxy) is 2. The molecule has 4 aromatic carbocycles. The molecule has 0 bridgehead atoms. The number of carbonyl (C=O) groups excluding carboxylic acids is 1. The molecule has 0 fully saturated rings. The largest absolute Gasteiger partial charge is 0.493 e. The Labute approximate surface area is 252 Å². The molecule has 0 aliphatic heterocycles. The predicted octanol–water partition coefficient (Wildman–Crippen LogP) is 6.62. The predicted molar refractivity (Wildman–Crippen MR) is 165 cm³/mol. The molecule has 11 heteroatoms. The van der Waals surface area contributed by atoms with Gasteiger partial charge in [-0.3, -0.25) is 9.59 Å². The lowest BCUT2D eigenvalue weighted by Gasteiger charge is -2.13. The number of methoxy groups -OCH3 is 1. The van der Waals surface area contributed by atoms with Crippen LogP contribution in [0.1, 0.15) is 5.56 Å². The summed E-state index contributed by atoms with van der Waals surface area (Å²) in [4.78, 5) is 30.6. The van der Waals surface area contributed by atoms with Gasteiger partial charge in [-0.15, -0.1) is 0 Å². The minimum absolute atomic E-state index is 0.239. The van der Waals surface area contributed by atoms with Gasteiger partial charge in [0, 0.05) is 21.1 Å². The first-order chi connectivity index (χ1) is 20.9. The Morgan fingerprint density at radius 2 is 1.86 bits per heavy atom. The molecule has 2 heterocycles. The summed E-state index contributed by atoms with van der Waals surface area (Å²) in [6, 6.07) is 25.2. The first-order valence-corrected chi connectivity index (χ1v) is 13.8. The number of carbonyl (C=O) groups is 1. The molecule has 9 nitrogen and oxygen atoms in total. The summed E-state index contributed by atoms with van der Waals surface area (Å²) in [5.41, 5.74) is 1.67. The zero-order chi connectivity index (χ0) is 29.9. The van der Waals surface area contributed by atoms with Crippen LogP contribution < -0.4 is 20.3 Å². The Morgan fingerprint density at radius 3 is 2.67 bits per heavy atom. The van der Waals surface area contributed by atoms with E-state index in [0.29, 0.717) is 43.7 Å². The molecule has 0 radical (unpaired) electrons. The number of furan rings is 1. The number of hydrogen-bond acceptors (Lipinski definition) is 7. The zero-order valence-corrected chi connectivity index (χ0v) is 24.2. The molecule has 0 spiro atoms. The second-order valence-electron chi connectivity index (χ2n) is 9.33. The Balaban J connectivity index is 1.31. The lowest BCUT2D eigenvalue weighted by atomic mass is 10.2. The van der Waals surface area contributed by atoms with Gasteiger partial charge in [0.1, 0.15) is 11.4 Å². The minimum Gasteiger partial charge on any atom is -0.493 e. The fourth-order valence-corrected chi connectivity index (χ4v) is 4.86. The van der Waals surface area contributed by atoms with Gasteiger partial charge in [-0.05, 0) is 70.5 Å². The van der Waals surface area contributed by atoms with Crippen LogP contribution >= 0.6 is 15.9 Å². The summed E-state index contributed by atoms with van der Waals surface area (Å²) in [5, 5.41) is 8.34. The van der Waals surface area contributed by atoms with Gasteiger partial charge in [-0.25, -0.2) is 9.37 Å². The molecule has 214 valence electrons. The van der Waals surface area contributed by atoms with Crippen LogP contribution in [-0.4, -0.2) is 35.5 Å². The van der Waals surface area contributed by atoms with E-state index in [4.69, 9.17) is 18.9 Å². The molecule has 0 unspecified atom stereocenters. The Kier molecular flexibility index (Phi) is 7.71. The number of amides is 1. The second kappa shape index (κ2) is 11.9. The molecular weight excluding hydrogens is 619 g/mol. The molecule has 0 aliphatic rings. The summed E-state index contributed by atoms with van der Waals surface area (Å²) >= 11 is 3.51. The number of aromatic nitrogens is 2. The number of hydrogen-bond donors (Lipinski definition) is 1. The molecule has 0 saturated heterocycles. The normalized spacial score (nSPS) is 11.3. The standard InChI is InChI=1S/C32H22BrFN4O5/c1-41-27-14-20(24(33)16-28(27)42-18-30(39)36-22-9-6-8-21(34)15-22)17-35-38-31(29-13-19-7-2-5-12-26(19)43-29)37-25-11-4-3-10-23(25)32(38)40/h2-17H,18H2,1H3,(H,36,39). The zero-order valence-electron chi connectivity index (χ0n) is 22.6. The van der Waals surface area contributed by atoms with Crippen molar-refractivity contribution in [1.29, 1.82) is 0 Å². The van der Waals surface area contributed by atoms with E-state index in [1.165, 1.54) is 36.2 Å². The van der Waals surface area contributed by atoms with E-state index >= 15 is 0 Å². The van der Waals surface area contributed by atoms with E-state index in [9.17, 15) is 14.0 Å². The van der Waals surface area contributed by atoms with E-state index in [0.717, 1.165) is 5.39 Å². The van der Waals surface area contributed by atoms with Gasteiger partial charge in [0.05, 0.1) is 24.2 Å². The van der Waals surface area contributed by atoms with Gasteiger partial charge < -0.3 is 19.2 Å². The topological polar surface area (TPSA) is 108 Å². The maximum Gasteiger partial charge on any atom is 0.282 e. The van der Waals surface area contributed by atoms with Crippen LogP contribution in [0.4, 0.5) is 10.1 Å². The van der Waals surface area contributed by atoms with Crippen molar-refractivity contribution in [2.24, 2.45) is 5.10 Å². The third kappa shape index (κ3) is 5.88. The summed E-state index contributed by atoms with van der Waals surface area (Å²) in [7, 11) is 1.46. The summed E-state index contributed by atoms with van der Waals surface area (Å²) in [6.07, 6.45) is 1.48. The highest BCUT2D eigenvalue weighted by atomic mass is 79.9. The molecule has 1 N–H and O–H groups in total. The van der Waals surface area contributed by atoms with Crippen LogP contribution in [0.5, 0.6) is 11.5 Å². The molecule has 0 aliphatic carbocycles. The average Bonchev–Trinajstić information content (AvgIpc) is 3.44. The smallest absolute Gasteiger partial charge is 0.282 e. The van der Waals surface area contributed by atoms with Crippen molar-refractivity contribution in [2.45, 2.75) is 0 Å².